The van der Waals surface area contributed by atoms with E-state index >= 15 is 0 Å². The van der Waals surface area contributed by atoms with E-state index in [0.717, 1.165) is 4.47 Å². The molecule has 6 heteroatoms. The van der Waals surface area contributed by atoms with Gasteiger partial charge in [0.15, 0.2) is 0 Å². The third-order valence-corrected chi connectivity index (χ3v) is 11.6. The van der Waals surface area contributed by atoms with Crippen molar-refractivity contribution >= 4 is 110 Å². The highest BCUT2D eigenvalue weighted by molar-refractivity contribution is 14.1. The second-order valence-corrected chi connectivity index (χ2v) is 15.0. The van der Waals surface area contributed by atoms with Crippen LogP contribution in [0.2, 0.25) is 0 Å². The fraction of sp³-hybridized carbons (Fsp3) is 0. The highest BCUT2D eigenvalue weighted by Crippen LogP contribution is 2.42. The van der Waals surface area contributed by atoms with Crippen LogP contribution in [0, 0.1) is 3.57 Å². The predicted octanol–water partition coefficient (Wildman–Crippen LogP) is 12.8. The molecule has 0 aliphatic carbocycles. The second kappa shape index (κ2) is 16.6. The summed E-state index contributed by atoms with van der Waals surface area (Å²) in [6, 6.07) is 62.7. The van der Waals surface area contributed by atoms with E-state index in [1.54, 1.807) is 24.3 Å². The Balaban J connectivity index is 0.000000130. The summed E-state index contributed by atoms with van der Waals surface area (Å²) in [4.78, 5) is 0. The number of fused-ring (bicyclic) bond motifs is 4. The van der Waals surface area contributed by atoms with Gasteiger partial charge in [-0.25, -0.2) is 0 Å². The molecule has 0 bridgehead atoms. The lowest BCUT2D eigenvalue weighted by Gasteiger charge is -2.14. The summed E-state index contributed by atoms with van der Waals surface area (Å²) in [5.41, 5.74) is 5.69. The van der Waals surface area contributed by atoms with E-state index in [9.17, 15) is 0 Å². The smallest absolute Gasteiger partial charge is 0.423 e. The topological polar surface area (TPSA) is 40.5 Å². The standard InChI is InChI=1S/C20H13Br.C20H13I.C6H6BBrO2/c2*21-20-17-12-6-4-10-15(17)19(14-8-2-1-3-9-14)16-11-5-7-13-18(16)20;8-6-3-1-5(2-4-6)7(9)10/h2*1-13H;1-4,9-10H. The van der Waals surface area contributed by atoms with Crippen molar-refractivity contribution < 1.29 is 10.0 Å². The van der Waals surface area contributed by atoms with Crippen molar-refractivity contribution in [2.45, 2.75) is 0 Å². The fourth-order valence-electron chi connectivity index (χ4n) is 6.62. The van der Waals surface area contributed by atoms with E-state index in [1.165, 1.54) is 73.4 Å². The van der Waals surface area contributed by atoms with Gasteiger partial charge in [-0.1, -0.05) is 186 Å². The zero-order chi connectivity index (χ0) is 36.0. The quantitative estimate of drug-likeness (QED) is 0.105. The lowest BCUT2D eigenvalue weighted by molar-refractivity contribution is 0.426. The van der Waals surface area contributed by atoms with Crippen molar-refractivity contribution in [1.82, 2.24) is 0 Å². The molecule has 0 unspecified atom stereocenters. The molecule has 0 amide bonds. The molecule has 2 N–H and O–H groups in total. The molecule has 0 fully saturated rings. The van der Waals surface area contributed by atoms with Gasteiger partial charge in [0.05, 0.1) is 0 Å². The van der Waals surface area contributed by atoms with Crippen LogP contribution in [0.1, 0.15) is 0 Å². The van der Waals surface area contributed by atoms with E-state index < -0.39 is 7.12 Å². The first-order valence-corrected chi connectivity index (χ1v) is 19.5. The molecule has 0 radical (unpaired) electrons. The summed E-state index contributed by atoms with van der Waals surface area (Å²) in [6.45, 7) is 0. The Kier molecular flexibility index (Phi) is 11.5. The first-order chi connectivity index (χ1) is 25.4. The SMILES string of the molecule is Brc1c2ccccc2c(-c2ccccc2)c2ccccc12.Ic1c2ccccc2c(-c2ccccc2)c2ccccc12.OB(O)c1ccc(Br)cc1. The van der Waals surface area contributed by atoms with Crippen LogP contribution in [0.4, 0.5) is 0 Å². The Morgan fingerprint density at radius 3 is 1.04 bits per heavy atom. The molecule has 0 saturated carbocycles. The summed E-state index contributed by atoms with van der Waals surface area (Å²) in [7, 11) is -1.37. The number of rotatable bonds is 3. The summed E-state index contributed by atoms with van der Waals surface area (Å²) in [5, 5.41) is 27.7. The first kappa shape index (κ1) is 36.1. The predicted molar refractivity (Wildman–Crippen MR) is 238 cm³/mol. The van der Waals surface area contributed by atoms with Gasteiger partial charge in [0.2, 0.25) is 0 Å². The third-order valence-electron chi connectivity index (χ3n) is 9.02. The minimum Gasteiger partial charge on any atom is -0.423 e. The van der Waals surface area contributed by atoms with Gasteiger partial charge in [0, 0.05) is 12.5 Å². The molecular formula is C46H32BBr2IO2. The molecule has 52 heavy (non-hydrogen) atoms. The van der Waals surface area contributed by atoms with Crippen molar-refractivity contribution in [3.05, 3.63) is 195 Å². The molecule has 9 rings (SSSR count). The summed E-state index contributed by atoms with van der Waals surface area (Å²) in [6.07, 6.45) is 0. The Morgan fingerprint density at radius 1 is 0.365 bits per heavy atom. The lowest BCUT2D eigenvalue weighted by atomic mass is 9.81. The van der Waals surface area contributed by atoms with E-state index in [0.29, 0.717) is 5.46 Å². The Labute approximate surface area is 334 Å². The van der Waals surface area contributed by atoms with Gasteiger partial charge in [-0.3, -0.25) is 0 Å². The maximum Gasteiger partial charge on any atom is 0.488 e. The monoisotopic (exact) mass is 912 g/mol. The van der Waals surface area contributed by atoms with E-state index in [-0.39, 0.29) is 0 Å². The van der Waals surface area contributed by atoms with Crippen LogP contribution in [0.25, 0.3) is 65.3 Å². The average molecular weight is 914 g/mol. The Bertz CT molecular complexity index is 2360. The molecule has 9 aromatic rings. The van der Waals surface area contributed by atoms with Gasteiger partial charge >= 0.3 is 7.12 Å². The minimum absolute atomic E-state index is 0.503. The maximum atomic E-state index is 8.65. The summed E-state index contributed by atoms with van der Waals surface area (Å²) in [5.74, 6) is 0. The first-order valence-electron chi connectivity index (χ1n) is 16.8. The van der Waals surface area contributed by atoms with Gasteiger partial charge in [-0.05, 0) is 121 Å². The van der Waals surface area contributed by atoms with Crippen molar-refractivity contribution in [3.63, 3.8) is 0 Å². The van der Waals surface area contributed by atoms with Gasteiger partial charge in [0.1, 0.15) is 0 Å². The van der Waals surface area contributed by atoms with Crippen molar-refractivity contribution in [1.29, 1.82) is 0 Å². The number of hydrogen-bond donors (Lipinski definition) is 2. The lowest BCUT2D eigenvalue weighted by Crippen LogP contribution is -2.29. The molecule has 0 aliphatic rings. The zero-order valence-corrected chi connectivity index (χ0v) is 33.3. The average Bonchev–Trinajstić information content (AvgIpc) is 3.20. The van der Waals surface area contributed by atoms with Crippen LogP contribution in [-0.2, 0) is 0 Å². The highest BCUT2D eigenvalue weighted by Gasteiger charge is 2.14. The summed E-state index contributed by atoms with van der Waals surface area (Å²) < 4.78 is 3.43. The molecule has 252 valence electrons. The van der Waals surface area contributed by atoms with Crippen LogP contribution < -0.4 is 5.46 Å². The Morgan fingerprint density at radius 2 is 0.673 bits per heavy atom. The van der Waals surface area contributed by atoms with Crippen LogP contribution in [0.5, 0.6) is 0 Å². The van der Waals surface area contributed by atoms with Gasteiger partial charge in [-0.15, -0.1) is 0 Å². The molecule has 0 atom stereocenters. The third kappa shape index (κ3) is 7.59. The van der Waals surface area contributed by atoms with Crippen LogP contribution in [0.15, 0.2) is 191 Å². The normalized spacial score (nSPS) is 10.8. The van der Waals surface area contributed by atoms with Crippen molar-refractivity contribution in [2.75, 3.05) is 0 Å². The van der Waals surface area contributed by atoms with Crippen molar-refractivity contribution in [3.8, 4) is 22.3 Å². The second-order valence-electron chi connectivity index (χ2n) is 12.2. The molecule has 0 heterocycles. The van der Waals surface area contributed by atoms with E-state index in [2.05, 4.69) is 212 Å². The van der Waals surface area contributed by atoms with Crippen LogP contribution in [0.3, 0.4) is 0 Å². The van der Waals surface area contributed by atoms with Crippen molar-refractivity contribution in [2.24, 2.45) is 0 Å². The molecular weight excluding hydrogens is 882 g/mol. The Hall–Kier alpha value is -4.31. The van der Waals surface area contributed by atoms with Gasteiger partial charge in [-0.2, -0.15) is 0 Å². The molecule has 9 aromatic carbocycles. The molecule has 0 aromatic heterocycles. The molecule has 0 aliphatic heterocycles. The zero-order valence-electron chi connectivity index (χ0n) is 27.9. The van der Waals surface area contributed by atoms with Crippen LogP contribution in [-0.4, -0.2) is 17.2 Å². The fourth-order valence-corrected chi connectivity index (χ4v) is 8.51. The minimum atomic E-state index is -1.37. The largest absolute Gasteiger partial charge is 0.488 e. The molecule has 0 spiro atoms. The van der Waals surface area contributed by atoms with Gasteiger partial charge in [0.25, 0.3) is 0 Å². The van der Waals surface area contributed by atoms with Gasteiger partial charge < -0.3 is 10.0 Å². The van der Waals surface area contributed by atoms with Crippen LogP contribution >= 0.6 is 54.5 Å². The van der Waals surface area contributed by atoms with E-state index in [1.807, 2.05) is 0 Å². The summed E-state index contributed by atoms with van der Waals surface area (Å²) >= 11 is 9.49. The maximum absolute atomic E-state index is 8.65. The number of hydrogen-bond acceptors (Lipinski definition) is 2. The molecule has 2 nitrogen and oxygen atoms in total. The molecule has 0 saturated heterocycles. The number of halogens is 3. The number of benzene rings is 9. The highest BCUT2D eigenvalue weighted by atomic mass is 127. The van der Waals surface area contributed by atoms with E-state index in [4.69, 9.17) is 10.0 Å².